The molecule has 0 saturated heterocycles. The van der Waals surface area contributed by atoms with Crippen molar-refractivity contribution in [2.45, 2.75) is 26.6 Å². The molecule has 7 nitrogen and oxygen atoms in total. The minimum absolute atomic E-state index is 0.170. The highest BCUT2D eigenvalue weighted by Gasteiger charge is 2.20. The number of carbonyl (C=O) groups is 1. The number of rotatable bonds is 3. The molecule has 0 bridgehead atoms. The van der Waals surface area contributed by atoms with Crippen LogP contribution in [0.15, 0.2) is 47.7 Å². The molecular weight excluding hydrogens is 401 g/mol. The maximum absolute atomic E-state index is 11.0. The Balaban J connectivity index is 0.000000211. The van der Waals surface area contributed by atoms with Crippen molar-refractivity contribution in [2.75, 3.05) is 0 Å². The number of nitrogens with zero attached hydrogens (tertiary/aromatic N) is 3. The molecule has 1 amide bonds. The van der Waals surface area contributed by atoms with Gasteiger partial charge in [-0.3, -0.25) is 4.79 Å². The number of benzene rings is 1. The molecule has 3 aromatic rings. The lowest BCUT2D eigenvalue weighted by atomic mass is 10.1. The summed E-state index contributed by atoms with van der Waals surface area (Å²) in [4.78, 5) is 24.4. The Morgan fingerprint density at radius 2 is 2.11 bits per heavy atom. The monoisotopic (exact) mass is 419 g/mol. The number of hydroxylamine groups is 1. The summed E-state index contributed by atoms with van der Waals surface area (Å²) in [5.41, 5.74) is 11.1. The van der Waals surface area contributed by atoms with E-state index < -0.39 is 0 Å². The molecule has 1 aliphatic rings. The second-order valence-electron chi connectivity index (χ2n) is 6.25. The van der Waals surface area contributed by atoms with Crippen LogP contribution in [0.1, 0.15) is 24.2 Å². The largest absolute Gasteiger partial charge is 0.391 e. The Morgan fingerprint density at radius 3 is 2.71 bits per heavy atom. The van der Waals surface area contributed by atoms with Crippen LogP contribution in [0.4, 0.5) is 0 Å². The third-order valence-corrected chi connectivity index (χ3v) is 4.72. The Morgan fingerprint density at radius 1 is 1.32 bits per heavy atom. The van der Waals surface area contributed by atoms with Crippen molar-refractivity contribution < 1.29 is 9.63 Å². The number of nitrogens with one attached hydrogen (secondary N) is 1. The fourth-order valence-corrected chi connectivity index (χ4v) is 3.14. The molecule has 1 aromatic carbocycles. The average molecular weight is 420 g/mol. The van der Waals surface area contributed by atoms with E-state index in [1.165, 1.54) is 0 Å². The van der Waals surface area contributed by atoms with E-state index in [4.69, 9.17) is 33.8 Å². The zero-order chi connectivity index (χ0) is 20.3. The minimum Gasteiger partial charge on any atom is -0.391 e. The van der Waals surface area contributed by atoms with Gasteiger partial charge >= 0.3 is 0 Å². The molecule has 0 saturated carbocycles. The molecule has 0 spiro atoms. The van der Waals surface area contributed by atoms with Crippen LogP contribution >= 0.6 is 23.2 Å². The zero-order valence-electron chi connectivity index (χ0n) is 15.3. The predicted octanol–water partition coefficient (Wildman–Crippen LogP) is 3.78. The van der Waals surface area contributed by atoms with Gasteiger partial charge in [0.1, 0.15) is 11.7 Å². The van der Waals surface area contributed by atoms with Crippen LogP contribution in [0.3, 0.4) is 0 Å². The average Bonchev–Trinajstić information content (AvgIpc) is 3.25. The summed E-state index contributed by atoms with van der Waals surface area (Å²) >= 11 is 11.2. The standard InChI is InChI=1S/C13H14N4O2.C6H5Cl2N/c1-8-15-13(16-19-8)10-3-2-4-11-9(10)5-6-17(11)7-12(14)18;1-4-2-5(7)6(8)9-3-4/h2-6,13,16H,7H2,1H3,(H2,14,18);2-3H,1H3. The molecule has 28 heavy (non-hydrogen) atoms. The highest BCUT2D eigenvalue weighted by molar-refractivity contribution is 6.41. The Hall–Kier alpha value is -2.61. The van der Waals surface area contributed by atoms with Crippen molar-refractivity contribution >= 4 is 45.9 Å². The van der Waals surface area contributed by atoms with Gasteiger partial charge in [0.25, 0.3) is 0 Å². The number of fused-ring (bicyclic) bond motifs is 1. The summed E-state index contributed by atoms with van der Waals surface area (Å²) in [6.07, 6.45) is 3.31. The molecule has 0 aliphatic carbocycles. The van der Waals surface area contributed by atoms with Gasteiger partial charge in [-0.2, -0.15) is 0 Å². The minimum atomic E-state index is -0.362. The topological polar surface area (TPSA) is 94.5 Å². The lowest BCUT2D eigenvalue weighted by molar-refractivity contribution is -0.118. The molecule has 9 heteroatoms. The molecule has 1 aliphatic heterocycles. The molecule has 0 radical (unpaired) electrons. The number of primary amides is 1. The maximum Gasteiger partial charge on any atom is 0.237 e. The first-order chi connectivity index (χ1) is 13.3. The van der Waals surface area contributed by atoms with Gasteiger partial charge < -0.3 is 15.1 Å². The second kappa shape index (κ2) is 8.60. The van der Waals surface area contributed by atoms with Crippen molar-refractivity contribution in [2.24, 2.45) is 10.7 Å². The highest BCUT2D eigenvalue weighted by atomic mass is 35.5. The summed E-state index contributed by atoms with van der Waals surface area (Å²) in [7, 11) is 0. The predicted molar refractivity (Wildman–Crippen MR) is 110 cm³/mol. The summed E-state index contributed by atoms with van der Waals surface area (Å²) in [6.45, 7) is 3.88. The molecule has 1 atom stereocenters. The van der Waals surface area contributed by atoms with Gasteiger partial charge in [0.15, 0.2) is 6.17 Å². The van der Waals surface area contributed by atoms with Gasteiger partial charge in [-0.25, -0.2) is 9.98 Å². The van der Waals surface area contributed by atoms with Gasteiger partial charge in [-0.1, -0.05) is 35.3 Å². The van der Waals surface area contributed by atoms with E-state index in [-0.39, 0.29) is 18.6 Å². The van der Waals surface area contributed by atoms with E-state index in [2.05, 4.69) is 15.5 Å². The van der Waals surface area contributed by atoms with Crippen LogP contribution in [0.2, 0.25) is 10.2 Å². The van der Waals surface area contributed by atoms with Crippen molar-refractivity contribution in [3.05, 3.63) is 64.0 Å². The van der Waals surface area contributed by atoms with Gasteiger partial charge in [0, 0.05) is 35.8 Å². The van der Waals surface area contributed by atoms with E-state index in [9.17, 15) is 4.79 Å². The molecule has 3 N–H and O–H groups in total. The first-order valence-corrected chi connectivity index (χ1v) is 9.21. The number of amides is 1. The number of aliphatic imine (C=N–C) groups is 1. The molecular formula is C19H19Cl2N5O2. The van der Waals surface area contributed by atoms with E-state index in [0.717, 1.165) is 22.0 Å². The van der Waals surface area contributed by atoms with Gasteiger partial charge in [0.05, 0.1) is 5.02 Å². The SMILES string of the molecule is CC1=NC(c2cccc3c2ccn3CC(N)=O)NO1.Cc1cnc(Cl)c(Cl)c1. The van der Waals surface area contributed by atoms with Crippen LogP contribution < -0.4 is 11.2 Å². The molecule has 2 aromatic heterocycles. The molecule has 3 heterocycles. The van der Waals surface area contributed by atoms with E-state index in [1.807, 2.05) is 42.0 Å². The number of aryl methyl sites for hydroxylation is 1. The summed E-state index contributed by atoms with van der Waals surface area (Å²) < 4.78 is 1.83. The Kier molecular flexibility index (Phi) is 6.18. The van der Waals surface area contributed by atoms with E-state index >= 15 is 0 Å². The Labute approximate surface area is 172 Å². The van der Waals surface area contributed by atoms with Crippen LogP contribution in [-0.4, -0.2) is 21.4 Å². The first-order valence-electron chi connectivity index (χ1n) is 8.45. The molecule has 146 valence electrons. The lowest BCUT2D eigenvalue weighted by Gasteiger charge is -2.09. The number of aromatic nitrogens is 2. The van der Waals surface area contributed by atoms with Crippen molar-refractivity contribution in [3.8, 4) is 0 Å². The fraction of sp³-hybridized carbons (Fsp3) is 0.211. The smallest absolute Gasteiger partial charge is 0.237 e. The molecule has 0 fully saturated rings. The second-order valence-corrected chi connectivity index (χ2v) is 7.01. The van der Waals surface area contributed by atoms with Crippen molar-refractivity contribution in [1.29, 1.82) is 0 Å². The summed E-state index contributed by atoms with van der Waals surface area (Å²) in [6, 6.07) is 9.60. The molecule has 4 rings (SSSR count). The number of carbonyl (C=O) groups excluding carboxylic acids is 1. The lowest BCUT2D eigenvalue weighted by Crippen LogP contribution is -2.18. The third-order valence-electron chi connectivity index (χ3n) is 4.03. The summed E-state index contributed by atoms with van der Waals surface area (Å²) in [5.74, 6) is 0.248. The van der Waals surface area contributed by atoms with Crippen LogP contribution in [0.25, 0.3) is 10.9 Å². The number of hydrogen-bond donors (Lipinski definition) is 2. The Bertz CT molecular complexity index is 1050. The van der Waals surface area contributed by atoms with Gasteiger partial charge in [-0.05, 0) is 30.7 Å². The third kappa shape index (κ3) is 4.62. The number of pyridine rings is 1. The van der Waals surface area contributed by atoms with Crippen LogP contribution in [0, 0.1) is 6.92 Å². The maximum atomic E-state index is 11.0. The number of halogens is 2. The van der Waals surface area contributed by atoms with Crippen LogP contribution in [0.5, 0.6) is 0 Å². The van der Waals surface area contributed by atoms with E-state index in [1.54, 1.807) is 19.2 Å². The fourth-order valence-electron chi connectivity index (χ4n) is 2.82. The van der Waals surface area contributed by atoms with Crippen molar-refractivity contribution in [3.63, 3.8) is 0 Å². The highest BCUT2D eigenvalue weighted by Crippen LogP contribution is 2.28. The van der Waals surface area contributed by atoms with E-state index in [0.29, 0.717) is 16.1 Å². The summed E-state index contributed by atoms with van der Waals surface area (Å²) in [5, 5.41) is 1.90. The molecule has 1 unspecified atom stereocenters. The van der Waals surface area contributed by atoms with Crippen molar-refractivity contribution in [1.82, 2.24) is 15.0 Å². The van der Waals surface area contributed by atoms with Crippen LogP contribution in [-0.2, 0) is 16.2 Å². The number of nitrogens with two attached hydrogens (primary N) is 1. The first kappa shape index (κ1) is 20.1. The normalized spacial score (nSPS) is 15.6. The van der Waals surface area contributed by atoms with Gasteiger partial charge in [0.2, 0.25) is 11.8 Å². The number of hydrogen-bond acceptors (Lipinski definition) is 5. The van der Waals surface area contributed by atoms with Gasteiger partial charge in [-0.15, -0.1) is 5.48 Å². The zero-order valence-corrected chi connectivity index (χ0v) is 16.8. The quantitative estimate of drug-likeness (QED) is 0.631.